The van der Waals surface area contributed by atoms with Crippen LogP contribution in [0, 0.1) is 11.8 Å². The minimum Gasteiger partial charge on any atom is -0.382 e. The first-order chi connectivity index (χ1) is 9.29. The van der Waals surface area contributed by atoms with Crippen LogP contribution in [0.4, 0.5) is 18.9 Å². The van der Waals surface area contributed by atoms with Gasteiger partial charge >= 0.3 is 6.18 Å². The third-order valence-corrected chi connectivity index (χ3v) is 4.48. The molecule has 1 aliphatic rings. The van der Waals surface area contributed by atoms with Crippen molar-refractivity contribution < 1.29 is 13.2 Å². The lowest BCUT2D eigenvalue weighted by atomic mass is 9.78. The smallest absolute Gasteiger partial charge is 0.382 e. The molecular weight excluding hydrogens is 287 g/mol. The van der Waals surface area contributed by atoms with Crippen LogP contribution in [0.5, 0.6) is 0 Å². The molecule has 1 nitrogen and oxygen atoms in total. The van der Waals surface area contributed by atoms with Gasteiger partial charge in [0.05, 0.1) is 10.6 Å². The number of hydrogen-bond acceptors (Lipinski definition) is 1. The fourth-order valence-corrected chi connectivity index (χ4v) is 3.22. The topological polar surface area (TPSA) is 12.0 Å². The Morgan fingerprint density at radius 1 is 1.15 bits per heavy atom. The predicted molar refractivity (Wildman–Crippen MR) is 76.0 cm³/mol. The third kappa shape index (κ3) is 3.40. The second kappa shape index (κ2) is 5.84. The molecule has 1 saturated carbocycles. The van der Waals surface area contributed by atoms with Crippen molar-refractivity contribution in [2.24, 2.45) is 11.8 Å². The highest BCUT2D eigenvalue weighted by Gasteiger charge is 2.34. The molecule has 0 saturated heterocycles. The van der Waals surface area contributed by atoms with Gasteiger partial charge in [0, 0.05) is 11.7 Å². The molecule has 0 aliphatic heterocycles. The molecule has 1 aliphatic carbocycles. The second-order valence-corrected chi connectivity index (χ2v) is 6.16. The molecule has 20 heavy (non-hydrogen) atoms. The fourth-order valence-electron chi connectivity index (χ4n) is 2.99. The number of hydrogen-bond donors (Lipinski definition) is 1. The standard InChI is InChI=1S/C15H19ClF3N/c1-9-4-3-5-10(2)14(9)20-11-6-7-13(16)12(8-11)15(17,18)19/h6-10,14,20H,3-5H2,1-2H3. The first-order valence-electron chi connectivity index (χ1n) is 6.92. The Hall–Kier alpha value is -0.900. The Bertz CT molecular complexity index is 463. The van der Waals surface area contributed by atoms with E-state index in [-0.39, 0.29) is 11.1 Å². The van der Waals surface area contributed by atoms with E-state index < -0.39 is 11.7 Å². The lowest BCUT2D eigenvalue weighted by Crippen LogP contribution is -2.37. The van der Waals surface area contributed by atoms with E-state index in [1.807, 2.05) is 0 Å². The molecule has 2 unspecified atom stereocenters. The Morgan fingerprint density at radius 3 is 2.30 bits per heavy atom. The van der Waals surface area contributed by atoms with E-state index in [1.165, 1.54) is 12.5 Å². The summed E-state index contributed by atoms with van der Waals surface area (Å²) in [6.07, 6.45) is -1.00. The van der Waals surface area contributed by atoms with Crippen LogP contribution in [0.2, 0.25) is 5.02 Å². The molecule has 112 valence electrons. The fraction of sp³-hybridized carbons (Fsp3) is 0.600. The Kier molecular flexibility index (Phi) is 4.52. The average molecular weight is 306 g/mol. The van der Waals surface area contributed by atoms with Crippen molar-refractivity contribution in [1.82, 2.24) is 0 Å². The van der Waals surface area contributed by atoms with Gasteiger partial charge in [-0.15, -0.1) is 0 Å². The van der Waals surface area contributed by atoms with Crippen LogP contribution in [-0.4, -0.2) is 6.04 Å². The summed E-state index contributed by atoms with van der Waals surface area (Å²) in [5, 5.41) is 3.00. The molecular formula is C15H19ClF3N. The molecule has 0 spiro atoms. The first kappa shape index (κ1) is 15.5. The predicted octanol–water partition coefficient (Wildman–Crippen LogP) is 5.60. The van der Waals surface area contributed by atoms with E-state index in [0.29, 0.717) is 17.5 Å². The van der Waals surface area contributed by atoms with E-state index >= 15 is 0 Å². The molecule has 0 amide bonds. The van der Waals surface area contributed by atoms with Gasteiger partial charge in [-0.1, -0.05) is 31.9 Å². The van der Waals surface area contributed by atoms with Crippen LogP contribution >= 0.6 is 11.6 Å². The molecule has 2 atom stereocenters. The van der Waals surface area contributed by atoms with Gasteiger partial charge in [-0.05, 0) is 42.9 Å². The Labute approximate surface area is 122 Å². The summed E-state index contributed by atoms with van der Waals surface area (Å²) in [6, 6.07) is 4.25. The van der Waals surface area contributed by atoms with Gasteiger partial charge < -0.3 is 5.32 Å². The van der Waals surface area contributed by atoms with Crippen LogP contribution in [0.1, 0.15) is 38.7 Å². The monoisotopic (exact) mass is 305 g/mol. The SMILES string of the molecule is CC1CCCC(C)C1Nc1ccc(Cl)c(C(F)(F)F)c1. The molecule has 1 fully saturated rings. The quantitative estimate of drug-likeness (QED) is 0.750. The van der Waals surface area contributed by atoms with Gasteiger partial charge in [0.1, 0.15) is 0 Å². The molecule has 5 heteroatoms. The number of nitrogens with one attached hydrogen (secondary N) is 1. The van der Waals surface area contributed by atoms with Crippen molar-refractivity contribution in [3.8, 4) is 0 Å². The zero-order chi connectivity index (χ0) is 14.9. The summed E-state index contributed by atoms with van der Waals surface area (Å²) in [5.41, 5.74) is -0.285. The Morgan fingerprint density at radius 2 is 1.75 bits per heavy atom. The lowest BCUT2D eigenvalue weighted by molar-refractivity contribution is -0.137. The van der Waals surface area contributed by atoms with Crippen LogP contribution in [-0.2, 0) is 6.18 Å². The largest absolute Gasteiger partial charge is 0.417 e. The molecule has 0 radical (unpaired) electrons. The van der Waals surface area contributed by atoms with Crippen molar-refractivity contribution in [2.75, 3.05) is 5.32 Å². The average Bonchev–Trinajstić information content (AvgIpc) is 2.34. The van der Waals surface area contributed by atoms with E-state index in [4.69, 9.17) is 11.6 Å². The van der Waals surface area contributed by atoms with Crippen molar-refractivity contribution in [3.05, 3.63) is 28.8 Å². The molecule has 0 aromatic heterocycles. The summed E-state index contributed by atoms with van der Waals surface area (Å²) in [4.78, 5) is 0. The molecule has 2 rings (SSSR count). The van der Waals surface area contributed by atoms with E-state index in [2.05, 4.69) is 19.2 Å². The summed E-state index contributed by atoms with van der Waals surface area (Å²) in [6.45, 7) is 4.29. The number of anilines is 1. The number of halogens is 4. The van der Waals surface area contributed by atoms with Crippen LogP contribution in [0.15, 0.2) is 18.2 Å². The number of benzene rings is 1. The molecule has 0 heterocycles. The van der Waals surface area contributed by atoms with Crippen molar-refractivity contribution in [1.29, 1.82) is 0 Å². The summed E-state index contributed by atoms with van der Waals surface area (Å²) >= 11 is 5.63. The minimum absolute atomic E-state index is 0.214. The van der Waals surface area contributed by atoms with Crippen molar-refractivity contribution in [3.63, 3.8) is 0 Å². The maximum atomic E-state index is 12.8. The molecule has 0 bridgehead atoms. The van der Waals surface area contributed by atoms with Gasteiger partial charge in [0.2, 0.25) is 0 Å². The van der Waals surface area contributed by atoms with Gasteiger partial charge in [-0.25, -0.2) is 0 Å². The van der Waals surface area contributed by atoms with E-state index in [0.717, 1.165) is 18.9 Å². The van der Waals surface area contributed by atoms with Gasteiger partial charge in [-0.2, -0.15) is 13.2 Å². The highest BCUT2D eigenvalue weighted by Crippen LogP contribution is 2.37. The van der Waals surface area contributed by atoms with Crippen LogP contribution < -0.4 is 5.32 Å². The van der Waals surface area contributed by atoms with Gasteiger partial charge in [-0.3, -0.25) is 0 Å². The minimum atomic E-state index is -4.42. The molecule has 1 N–H and O–H groups in total. The lowest BCUT2D eigenvalue weighted by Gasteiger charge is -2.36. The summed E-state index contributed by atoms with van der Waals surface area (Å²) in [7, 11) is 0. The summed E-state index contributed by atoms with van der Waals surface area (Å²) < 4.78 is 38.5. The highest BCUT2D eigenvalue weighted by molar-refractivity contribution is 6.31. The first-order valence-corrected chi connectivity index (χ1v) is 7.30. The maximum Gasteiger partial charge on any atom is 0.417 e. The highest BCUT2D eigenvalue weighted by atomic mass is 35.5. The molecule has 1 aromatic rings. The third-order valence-electron chi connectivity index (χ3n) is 4.15. The number of rotatable bonds is 2. The second-order valence-electron chi connectivity index (χ2n) is 5.75. The van der Waals surface area contributed by atoms with Crippen molar-refractivity contribution in [2.45, 2.75) is 45.3 Å². The molecule has 1 aromatic carbocycles. The van der Waals surface area contributed by atoms with E-state index in [1.54, 1.807) is 6.07 Å². The Balaban J connectivity index is 2.21. The van der Waals surface area contributed by atoms with Crippen molar-refractivity contribution >= 4 is 17.3 Å². The van der Waals surface area contributed by atoms with Gasteiger partial charge in [0.25, 0.3) is 0 Å². The zero-order valence-electron chi connectivity index (χ0n) is 11.6. The van der Waals surface area contributed by atoms with Gasteiger partial charge in [0.15, 0.2) is 0 Å². The zero-order valence-corrected chi connectivity index (χ0v) is 12.4. The normalized spacial score (nSPS) is 27.4. The van der Waals surface area contributed by atoms with E-state index in [9.17, 15) is 13.2 Å². The van der Waals surface area contributed by atoms with Crippen LogP contribution in [0.25, 0.3) is 0 Å². The van der Waals surface area contributed by atoms with Crippen LogP contribution in [0.3, 0.4) is 0 Å². The maximum absolute atomic E-state index is 12.8. The summed E-state index contributed by atoms with van der Waals surface area (Å²) in [5.74, 6) is 0.924. The number of alkyl halides is 3.